The molecule has 164 valence electrons. The standard InChI is InChI=1S/C23H27N3O3S2/c1-14-5-7-18(9-16(14)3)24-22(27)11-26(19-8-6-15(2)17(4)10-19)23-25-20-12-31(28,29)13-21(20)30-23/h5-10,20-21H,11-13H2,1-4H3,(H,24,27)/t20-,21-/m0/s1. The fourth-order valence-corrected chi connectivity index (χ4v) is 7.58. The largest absolute Gasteiger partial charge is 0.325 e. The van der Waals surface area contributed by atoms with Crippen molar-refractivity contribution in [1.29, 1.82) is 0 Å². The molecule has 0 bridgehead atoms. The van der Waals surface area contributed by atoms with Crippen LogP contribution in [0.4, 0.5) is 11.4 Å². The highest BCUT2D eigenvalue weighted by Crippen LogP contribution is 2.37. The molecule has 0 aromatic heterocycles. The number of carbonyl (C=O) groups is 1. The summed E-state index contributed by atoms with van der Waals surface area (Å²) in [6, 6.07) is 11.7. The highest BCUT2D eigenvalue weighted by atomic mass is 32.2. The maximum atomic E-state index is 12.9. The Bertz CT molecular complexity index is 1170. The van der Waals surface area contributed by atoms with Crippen LogP contribution in [0.3, 0.4) is 0 Å². The van der Waals surface area contributed by atoms with Gasteiger partial charge in [-0.1, -0.05) is 23.9 Å². The molecule has 4 rings (SSSR count). The van der Waals surface area contributed by atoms with E-state index in [1.165, 1.54) is 22.9 Å². The molecule has 1 saturated heterocycles. The number of aliphatic imine (C=N–C) groups is 1. The molecule has 0 radical (unpaired) electrons. The number of anilines is 2. The number of sulfone groups is 1. The number of hydrogen-bond donors (Lipinski definition) is 1. The molecule has 1 fully saturated rings. The van der Waals surface area contributed by atoms with Gasteiger partial charge in [0.1, 0.15) is 6.54 Å². The quantitative estimate of drug-likeness (QED) is 0.758. The van der Waals surface area contributed by atoms with E-state index in [0.717, 1.165) is 22.5 Å². The second kappa shape index (κ2) is 8.31. The van der Waals surface area contributed by atoms with Crippen molar-refractivity contribution in [3.63, 3.8) is 0 Å². The molecular formula is C23H27N3O3S2. The average Bonchev–Trinajstić information content (AvgIpc) is 3.18. The minimum atomic E-state index is -3.03. The Morgan fingerprint density at radius 1 is 1.03 bits per heavy atom. The Morgan fingerprint density at radius 3 is 2.35 bits per heavy atom. The molecule has 2 aliphatic heterocycles. The first kappa shape index (κ1) is 21.9. The number of nitrogens with one attached hydrogen (secondary N) is 1. The lowest BCUT2D eigenvalue weighted by Gasteiger charge is -2.25. The first-order chi connectivity index (χ1) is 14.6. The van der Waals surface area contributed by atoms with E-state index in [9.17, 15) is 13.2 Å². The molecule has 0 saturated carbocycles. The van der Waals surface area contributed by atoms with Crippen molar-refractivity contribution in [1.82, 2.24) is 0 Å². The zero-order valence-corrected chi connectivity index (χ0v) is 19.8. The number of fused-ring (bicyclic) bond motifs is 1. The van der Waals surface area contributed by atoms with Crippen LogP contribution in [-0.2, 0) is 14.6 Å². The number of amidine groups is 1. The molecule has 2 aliphatic rings. The Balaban J connectivity index is 1.59. The summed E-state index contributed by atoms with van der Waals surface area (Å²) in [5.41, 5.74) is 6.24. The molecule has 2 atom stereocenters. The molecule has 0 spiro atoms. The molecular weight excluding hydrogens is 430 g/mol. The number of carbonyl (C=O) groups excluding carboxylic acids is 1. The molecule has 6 nitrogen and oxygen atoms in total. The lowest BCUT2D eigenvalue weighted by atomic mass is 10.1. The average molecular weight is 458 g/mol. The number of amides is 1. The zero-order valence-electron chi connectivity index (χ0n) is 18.2. The normalized spacial score (nSPS) is 21.5. The van der Waals surface area contributed by atoms with Crippen LogP contribution in [0.15, 0.2) is 41.4 Å². The van der Waals surface area contributed by atoms with Crippen LogP contribution in [0.5, 0.6) is 0 Å². The summed E-state index contributed by atoms with van der Waals surface area (Å²) >= 11 is 1.47. The second-order valence-electron chi connectivity index (χ2n) is 8.41. The van der Waals surface area contributed by atoms with E-state index in [2.05, 4.69) is 5.32 Å². The van der Waals surface area contributed by atoms with Crippen molar-refractivity contribution >= 4 is 44.0 Å². The maximum absolute atomic E-state index is 12.9. The van der Waals surface area contributed by atoms with Gasteiger partial charge in [0, 0.05) is 16.6 Å². The van der Waals surface area contributed by atoms with Crippen molar-refractivity contribution in [2.45, 2.75) is 39.0 Å². The molecule has 8 heteroatoms. The lowest BCUT2D eigenvalue weighted by molar-refractivity contribution is -0.114. The summed E-state index contributed by atoms with van der Waals surface area (Å²) in [5.74, 6) is 0.0868. The minimum Gasteiger partial charge on any atom is -0.325 e. The van der Waals surface area contributed by atoms with Crippen molar-refractivity contribution in [2.75, 3.05) is 28.3 Å². The third-order valence-corrected chi connectivity index (χ3v) is 9.18. The Hall–Kier alpha value is -2.32. The highest BCUT2D eigenvalue weighted by molar-refractivity contribution is 8.15. The van der Waals surface area contributed by atoms with Gasteiger partial charge in [0.05, 0.1) is 17.5 Å². The van der Waals surface area contributed by atoms with Gasteiger partial charge in [-0.05, 0) is 74.2 Å². The van der Waals surface area contributed by atoms with Crippen molar-refractivity contribution in [2.24, 2.45) is 4.99 Å². The molecule has 1 amide bonds. The molecule has 2 aromatic rings. The summed E-state index contributed by atoms with van der Waals surface area (Å²) in [4.78, 5) is 19.5. The van der Waals surface area contributed by atoms with Gasteiger partial charge < -0.3 is 10.2 Å². The molecule has 2 aromatic carbocycles. The van der Waals surface area contributed by atoms with E-state index in [1.807, 2.05) is 69.0 Å². The smallest absolute Gasteiger partial charge is 0.244 e. The van der Waals surface area contributed by atoms with Gasteiger partial charge in [-0.15, -0.1) is 0 Å². The number of benzene rings is 2. The summed E-state index contributed by atoms with van der Waals surface area (Å²) in [7, 11) is -3.03. The van der Waals surface area contributed by atoms with Gasteiger partial charge in [-0.3, -0.25) is 9.79 Å². The lowest BCUT2D eigenvalue weighted by Crippen LogP contribution is -2.36. The topological polar surface area (TPSA) is 78.8 Å². The number of rotatable bonds is 4. The molecule has 2 heterocycles. The Labute approximate surface area is 188 Å². The second-order valence-corrected chi connectivity index (χ2v) is 11.8. The predicted molar refractivity (Wildman–Crippen MR) is 129 cm³/mol. The molecule has 31 heavy (non-hydrogen) atoms. The predicted octanol–water partition coefficient (Wildman–Crippen LogP) is 3.63. The first-order valence-corrected chi connectivity index (χ1v) is 13.0. The van der Waals surface area contributed by atoms with E-state index in [4.69, 9.17) is 4.99 Å². The first-order valence-electron chi connectivity index (χ1n) is 10.3. The van der Waals surface area contributed by atoms with E-state index >= 15 is 0 Å². The molecule has 0 aliphatic carbocycles. The van der Waals surface area contributed by atoms with E-state index in [-0.39, 0.29) is 35.2 Å². The van der Waals surface area contributed by atoms with Crippen LogP contribution in [0.25, 0.3) is 0 Å². The maximum Gasteiger partial charge on any atom is 0.244 e. The van der Waals surface area contributed by atoms with Crippen molar-refractivity contribution in [3.05, 3.63) is 58.7 Å². The van der Waals surface area contributed by atoms with Crippen LogP contribution in [0, 0.1) is 27.7 Å². The fourth-order valence-electron chi connectivity index (χ4n) is 3.80. The van der Waals surface area contributed by atoms with Crippen LogP contribution >= 0.6 is 11.8 Å². The third-order valence-electron chi connectivity index (χ3n) is 5.93. The monoisotopic (exact) mass is 457 g/mol. The fraction of sp³-hybridized carbons (Fsp3) is 0.391. The highest BCUT2D eigenvalue weighted by Gasteiger charge is 2.44. The summed E-state index contributed by atoms with van der Waals surface area (Å²) in [5, 5.41) is 3.62. The van der Waals surface area contributed by atoms with Gasteiger partial charge in [0.25, 0.3) is 0 Å². The van der Waals surface area contributed by atoms with Crippen molar-refractivity contribution < 1.29 is 13.2 Å². The van der Waals surface area contributed by atoms with E-state index in [1.54, 1.807) is 0 Å². The van der Waals surface area contributed by atoms with Crippen LogP contribution in [0.2, 0.25) is 0 Å². The van der Waals surface area contributed by atoms with Gasteiger partial charge >= 0.3 is 0 Å². The summed E-state index contributed by atoms with van der Waals surface area (Å²) < 4.78 is 23.9. The van der Waals surface area contributed by atoms with E-state index in [0.29, 0.717) is 5.17 Å². The number of nitrogens with zero attached hydrogens (tertiary/aromatic N) is 2. The van der Waals surface area contributed by atoms with E-state index < -0.39 is 9.84 Å². The summed E-state index contributed by atoms with van der Waals surface area (Å²) in [6.07, 6.45) is 0. The van der Waals surface area contributed by atoms with Crippen LogP contribution in [0.1, 0.15) is 22.3 Å². The molecule has 1 N–H and O–H groups in total. The van der Waals surface area contributed by atoms with Gasteiger partial charge in [-0.25, -0.2) is 8.42 Å². The third kappa shape index (κ3) is 4.80. The van der Waals surface area contributed by atoms with Gasteiger partial charge in [0.2, 0.25) is 5.91 Å². The van der Waals surface area contributed by atoms with Crippen LogP contribution < -0.4 is 10.2 Å². The number of aryl methyl sites for hydroxylation is 4. The van der Waals surface area contributed by atoms with Gasteiger partial charge in [0.15, 0.2) is 15.0 Å². The Kier molecular flexibility index (Phi) is 5.87. The van der Waals surface area contributed by atoms with Crippen molar-refractivity contribution in [3.8, 4) is 0 Å². The summed E-state index contributed by atoms with van der Waals surface area (Å²) in [6.45, 7) is 8.25. The number of thioether (sulfide) groups is 1. The van der Waals surface area contributed by atoms with Gasteiger partial charge in [-0.2, -0.15) is 0 Å². The molecule has 0 unspecified atom stereocenters. The number of hydrogen-bond acceptors (Lipinski definition) is 6. The van der Waals surface area contributed by atoms with Crippen LogP contribution in [-0.4, -0.2) is 48.8 Å². The minimum absolute atomic E-state index is 0.0724. The Morgan fingerprint density at radius 2 is 1.71 bits per heavy atom. The SMILES string of the molecule is Cc1ccc(NC(=O)CN(C2=N[C@H]3CS(=O)(=O)C[C@@H]3S2)c2ccc(C)c(C)c2)cc1C. The zero-order chi connectivity index (χ0) is 22.3.